The van der Waals surface area contributed by atoms with E-state index in [-0.39, 0.29) is 20.2 Å². The van der Waals surface area contributed by atoms with E-state index in [2.05, 4.69) is 10.3 Å². The fraction of sp³-hybridized carbons (Fsp3) is 0.231. The van der Waals surface area contributed by atoms with Gasteiger partial charge in [0.25, 0.3) is 0 Å². The first-order chi connectivity index (χ1) is 17.9. The molecule has 2 aliphatic rings. The molecule has 1 N–H and O–H groups in total. The van der Waals surface area contributed by atoms with Crippen LogP contribution in [0.25, 0.3) is 11.0 Å². The lowest BCUT2D eigenvalue weighted by Crippen LogP contribution is -2.35. The number of para-hydroxylation sites is 1. The molecule has 0 unspecified atom stereocenters. The van der Waals surface area contributed by atoms with Crippen molar-refractivity contribution in [1.29, 1.82) is 0 Å². The predicted octanol–water partition coefficient (Wildman–Crippen LogP) is 4.16. The van der Waals surface area contributed by atoms with Gasteiger partial charge in [0, 0.05) is 18.8 Å². The maximum absolute atomic E-state index is 13.4. The normalized spacial score (nSPS) is 16.5. The van der Waals surface area contributed by atoms with E-state index in [1.807, 2.05) is 4.90 Å². The second-order valence-electron chi connectivity index (χ2n) is 9.06. The number of benzene rings is 3. The smallest absolute Gasteiger partial charge is 0.243 e. The van der Waals surface area contributed by atoms with Gasteiger partial charge in [0.05, 0.1) is 26.9 Å². The van der Waals surface area contributed by atoms with E-state index < -0.39 is 19.9 Å². The van der Waals surface area contributed by atoms with Crippen LogP contribution in [0.2, 0.25) is 0 Å². The molecule has 0 bridgehead atoms. The summed E-state index contributed by atoms with van der Waals surface area (Å²) in [4.78, 5) is 11.8. The van der Waals surface area contributed by atoms with Gasteiger partial charge in [0.2, 0.25) is 19.9 Å². The van der Waals surface area contributed by atoms with E-state index in [0.29, 0.717) is 36.9 Å². The summed E-state index contributed by atoms with van der Waals surface area (Å²) < 4.78 is 54.4. The monoisotopic (exact) mass is 535 g/mol. The van der Waals surface area contributed by atoms with Crippen molar-refractivity contribution in [2.45, 2.75) is 33.9 Å². The van der Waals surface area contributed by atoms with E-state index >= 15 is 0 Å². The van der Waals surface area contributed by atoms with Gasteiger partial charge in [0.1, 0.15) is 5.52 Å². The number of anilines is 3. The number of piperidine rings is 1. The Morgan fingerprint density at radius 3 is 2.19 bits per heavy atom. The maximum Gasteiger partial charge on any atom is 0.243 e. The Morgan fingerprint density at radius 1 is 0.730 bits per heavy atom. The Bertz CT molecular complexity index is 1690. The second kappa shape index (κ2) is 9.09. The van der Waals surface area contributed by atoms with Crippen LogP contribution in [0.5, 0.6) is 0 Å². The second-order valence-corrected chi connectivity index (χ2v) is 12.9. The molecule has 0 spiro atoms. The fourth-order valence-electron chi connectivity index (χ4n) is 4.79. The molecule has 9 nitrogen and oxygen atoms in total. The topological polar surface area (TPSA) is 113 Å². The lowest BCUT2D eigenvalue weighted by atomic mass is 10.2. The summed E-state index contributed by atoms with van der Waals surface area (Å²) in [5, 5.41) is 3.20. The van der Waals surface area contributed by atoms with E-state index in [4.69, 9.17) is 4.98 Å². The summed E-state index contributed by atoms with van der Waals surface area (Å²) in [6, 6.07) is 19.9. The molecule has 6 rings (SSSR count). The standard InChI is InChI=1S/C26H25N5O4S2/c32-36(33,20-8-3-1-4-9-20)23-11-7-10-22-24(23)29-26-25(28-22)27-18-31(26)19-12-14-21(15-13-19)37(34,35)30-16-5-2-6-17-30/h1,3-4,7-15H,2,5-6,16-18H2,(H,27,28). The molecule has 3 aromatic carbocycles. The van der Waals surface area contributed by atoms with Crippen LogP contribution in [-0.4, -0.2) is 50.9 Å². The Labute approximate surface area is 215 Å². The van der Waals surface area contributed by atoms with Crippen LogP contribution in [0.4, 0.5) is 17.3 Å². The first-order valence-corrected chi connectivity index (χ1v) is 15.0. The molecule has 0 aliphatic carbocycles. The third kappa shape index (κ3) is 4.12. The molecule has 37 heavy (non-hydrogen) atoms. The summed E-state index contributed by atoms with van der Waals surface area (Å²) in [6.45, 7) is 1.46. The number of rotatable bonds is 5. The number of nitrogens with one attached hydrogen (secondary N) is 1. The number of hydrogen-bond donors (Lipinski definition) is 1. The SMILES string of the molecule is O=S(=O)(c1ccccc1)c1cccc2nc3c(nc12)N(c1ccc(S(=O)(=O)N2CCCCC2)cc1)CN3. The molecule has 0 saturated carbocycles. The molecule has 0 amide bonds. The minimum absolute atomic E-state index is 0.0846. The molecule has 3 heterocycles. The quantitative estimate of drug-likeness (QED) is 0.405. The van der Waals surface area contributed by atoms with Crippen molar-refractivity contribution in [2.75, 3.05) is 30.0 Å². The van der Waals surface area contributed by atoms with Crippen molar-refractivity contribution in [2.24, 2.45) is 0 Å². The first-order valence-electron chi connectivity index (χ1n) is 12.1. The molecule has 4 aromatic rings. The van der Waals surface area contributed by atoms with Crippen LogP contribution in [0.15, 0.2) is 87.5 Å². The fourth-order valence-corrected chi connectivity index (χ4v) is 7.74. The third-order valence-corrected chi connectivity index (χ3v) is 10.5. The Balaban J connectivity index is 1.38. The average molecular weight is 536 g/mol. The largest absolute Gasteiger partial charge is 0.349 e. The first kappa shape index (κ1) is 23.8. The lowest BCUT2D eigenvalue weighted by molar-refractivity contribution is 0.346. The molecular weight excluding hydrogens is 510 g/mol. The zero-order valence-corrected chi connectivity index (χ0v) is 21.5. The Hall–Kier alpha value is -3.54. The minimum Gasteiger partial charge on any atom is -0.349 e. The Kier molecular flexibility index (Phi) is 5.85. The van der Waals surface area contributed by atoms with Gasteiger partial charge in [-0.25, -0.2) is 26.8 Å². The van der Waals surface area contributed by atoms with Crippen molar-refractivity contribution >= 4 is 48.2 Å². The summed E-state index contributed by atoms with van der Waals surface area (Å²) >= 11 is 0. The van der Waals surface area contributed by atoms with Crippen molar-refractivity contribution in [3.63, 3.8) is 0 Å². The number of hydrogen-bond acceptors (Lipinski definition) is 8. The molecule has 0 radical (unpaired) electrons. The molecule has 2 aliphatic heterocycles. The van der Waals surface area contributed by atoms with E-state index in [0.717, 1.165) is 24.9 Å². The van der Waals surface area contributed by atoms with Gasteiger partial charge in [-0.05, 0) is 61.4 Å². The summed E-state index contributed by atoms with van der Waals surface area (Å²) in [5.41, 5.74) is 1.47. The van der Waals surface area contributed by atoms with Gasteiger partial charge in [0.15, 0.2) is 11.6 Å². The van der Waals surface area contributed by atoms with Crippen LogP contribution in [0, 0.1) is 0 Å². The van der Waals surface area contributed by atoms with Crippen molar-refractivity contribution < 1.29 is 16.8 Å². The van der Waals surface area contributed by atoms with Crippen LogP contribution >= 0.6 is 0 Å². The van der Waals surface area contributed by atoms with E-state index in [9.17, 15) is 16.8 Å². The highest BCUT2D eigenvalue weighted by Crippen LogP contribution is 2.37. The molecule has 190 valence electrons. The van der Waals surface area contributed by atoms with Crippen LogP contribution < -0.4 is 10.2 Å². The minimum atomic E-state index is -3.81. The van der Waals surface area contributed by atoms with Crippen LogP contribution in [-0.2, 0) is 19.9 Å². The summed E-state index contributed by atoms with van der Waals surface area (Å²) in [6.07, 6.45) is 2.81. The van der Waals surface area contributed by atoms with Crippen molar-refractivity contribution in [3.05, 3.63) is 72.8 Å². The van der Waals surface area contributed by atoms with Gasteiger partial charge in [-0.2, -0.15) is 4.31 Å². The third-order valence-electron chi connectivity index (χ3n) is 6.74. The highest BCUT2D eigenvalue weighted by Gasteiger charge is 2.29. The van der Waals surface area contributed by atoms with E-state index in [1.54, 1.807) is 77.1 Å². The maximum atomic E-state index is 13.4. The predicted molar refractivity (Wildman–Crippen MR) is 141 cm³/mol. The highest BCUT2D eigenvalue weighted by atomic mass is 32.2. The van der Waals surface area contributed by atoms with Crippen molar-refractivity contribution in [1.82, 2.24) is 14.3 Å². The van der Waals surface area contributed by atoms with Gasteiger partial charge in [-0.15, -0.1) is 0 Å². The number of sulfonamides is 1. The van der Waals surface area contributed by atoms with Gasteiger partial charge < -0.3 is 10.2 Å². The molecule has 0 atom stereocenters. The molecule has 1 saturated heterocycles. The number of fused-ring (bicyclic) bond motifs is 2. The molecular formula is C26H25N5O4S2. The zero-order chi connectivity index (χ0) is 25.6. The number of nitrogens with zero attached hydrogens (tertiary/aromatic N) is 4. The summed E-state index contributed by atoms with van der Waals surface area (Å²) in [5.74, 6) is 1.02. The van der Waals surface area contributed by atoms with Crippen LogP contribution in [0.3, 0.4) is 0 Å². The van der Waals surface area contributed by atoms with Crippen LogP contribution in [0.1, 0.15) is 19.3 Å². The zero-order valence-electron chi connectivity index (χ0n) is 19.9. The summed E-state index contributed by atoms with van der Waals surface area (Å²) in [7, 11) is -7.35. The van der Waals surface area contributed by atoms with Crippen molar-refractivity contribution in [3.8, 4) is 0 Å². The molecule has 1 aromatic heterocycles. The molecule has 11 heteroatoms. The van der Waals surface area contributed by atoms with E-state index in [1.165, 1.54) is 0 Å². The Morgan fingerprint density at radius 2 is 1.46 bits per heavy atom. The number of aromatic nitrogens is 2. The lowest BCUT2D eigenvalue weighted by Gasteiger charge is -2.26. The molecule has 1 fully saturated rings. The van der Waals surface area contributed by atoms with Gasteiger partial charge in [-0.1, -0.05) is 30.7 Å². The van der Waals surface area contributed by atoms with Gasteiger partial charge in [-0.3, -0.25) is 0 Å². The average Bonchev–Trinajstić information content (AvgIpc) is 3.35. The van der Waals surface area contributed by atoms with Gasteiger partial charge >= 0.3 is 0 Å². The number of sulfone groups is 1. The highest BCUT2D eigenvalue weighted by molar-refractivity contribution is 7.91.